The number of hydrogen-bond acceptors (Lipinski definition) is 1. The lowest BCUT2D eigenvalue weighted by atomic mass is 10.0. The monoisotopic (exact) mass is 455 g/mol. The number of imidazole rings is 1. The Kier molecular flexibility index (Phi) is 4.23. The summed E-state index contributed by atoms with van der Waals surface area (Å²) in [6.07, 6.45) is 6.07. The highest BCUT2D eigenvalue weighted by molar-refractivity contribution is 14.1. The third kappa shape index (κ3) is 2.35. The average molecular weight is 455 g/mol. The summed E-state index contributed by atoms with van der Waals surface area (Å²) in [5.41, 5.74) is 6.36. The van der Waals surface area contributed by atoms with Crippen LogP contribution in [0.1, 0.15) is 23.9 Å². The molecule has 2 aromatic carbocycles. The van der Waals surface area contributed by atoms with Gasteiger partial charge < -0.3 is 4.42 Å². The summed E-state index contributed by atoms with van der Waals surface area (Å²) >= 11 is 2.35. The number of hydrogen-bond donors (Lipinski definition) is 0. The first kappa shape index (κ1) is 17.1. The predicted octanol–water partition coefficient (Wildman–Crippen LogP) is 6.06. The fraction of sp³-hybridized carbons (Fsp3) is 0.136. The zero-order chi connectivity index (χ0) is 18.4. The fourth-order valence-corrected chi connectivity index (χ4v) is 4.61. The minimum Gasteiger partial charge on any atom is -0.455 e. The molecule has 3 nitrogen and oxygen atoms in total. The normalized spacial score (nSPS) is 11.8. The number of rotatable bonds is 3. The van der Waals surface area contributed by atoms with E-state index in [9.17, 15) is 0 Å². The van der Waals surface area contributed by atoms with E-state index in [1.807, 2.05) is 25.1 Å². The summed E-state index contributed by atoms with van der Waals surface area (Å²) < 4.78 is 10.7. The van der Waals surface area contributed by atoms with E-state index < -0.39 is 0 Å². The number of aromatic nitrogens is 2. The van der Waals surface area contributed by atoms with E-state index in [4.69, 9.17) is 4.42 Å². The minimum absolute atomic E-state index is 0.918. The van der Waals surface area contributed by atoms with Crippen molar-refractivity contribution in [2.75, 3.05) is 0 Å². The molecule has 0 aliphatic heterocycles. The number of aryl methyl sites for hydroxylation is 1. The number of benzene rings is 2. The number of fused-ring (bicyclic) bond motifs is 3. The third-order valence-corrected chi connectivity index (χ3v) is 5.81. The van der Waals surface area contributed by atoms with Gasteiger partial charge in [0.1, 0.15) is 11.1 Å². The molecule has 4 aromatic rings. The Hall–Kier alpha value is -2.34. The number of halogens is 1. The summed E-state index contributed by atoms with van der Waals surface area (Å²) in [7, 11) is 2.09. The molecule has 0 amide bonds. The molecule has 26 heavy (non-hydrogen) atoms. The largest absolute Gasteiger partial charge is 0.455 e. The second-order valence-electron chi connectivity index (χ2n) is 6.37. The maximum atomic E-state index is 6.30. The van der Waals surface area contributed by atoms with E-state index in [-0.39, 0.29) is 0 Å². The highest BCUT2D eigenvalue weighted by Gasteiger charge is 2.30. The van der Waals surface area contributed by atoms with Gasteiger partial charge in [0.05, 0.1) is 7.05 Å². The van der Waals surface area contributed by atoms with Gasteiger partial charge in [0.25, 0.3) is 0 Å². The first-order valence-electron chi connectivity index (χ1n) is 8.55. The van der Waals surface area contributed by atoms with E-state index >= 15 is 0 Å². The molecule has 2 heterocycles. The molecule has 0 spiro atoms. The molecular weight excluding hydrogens is 435 g/mol. The molecule has 2 aromatic heterocycles. The zero-order valence-electron chi connectivity index (χ0n) is 15.1. The number of para-hydroxylation sites is 1. The van der Waals surface area contributed by atoms with Crippen molar-refractivity contribution in [2.45, 2.75) is 13.8 Å². The van der Waals surface area contributed by atoms with Crippen LogP contribution in [0, 0.1) is 6.92 Å². The second kappa shape index (κ2) is 6.43. The van der Waals surface area contributed by atoms with Crippen molar-refractivity contribution in [3.8, 4) is 11.4 Å². The van der Waals surface area contributed by atoms with Crippen molar-refractivity contribution in [3.05, 3.63) is 66.0 Å². The first-order valence-corrected chi connectivity index (χ1v) is 9.52. The molecule has 0 aliphatic carbocycles. The van der Waals surface area contributed by atoms with E-state index in [1.54, 1.807) is 0 Å². The fourth-order valence-electron chi connectivity index (χ4n) is 3.60. The second-order valence-corrected chi connectivity index (χ2v) is 7.34. The van der Waals surface area contributed by atoms with Gasteiger partial charge >= 0.3 is 5.82 Å². The molecule has 0 unspecified atom stereocenters. The molecule has 4 rings (SSSR count). The summed E-state index contributed by atoms with van der Waals surface area (Å²) in [5, 5.41) is 2.29. The van der Waals surface area contributed by atoms with Crippen LogP contribution in [-0.2, 0) is 7.05 Å². The summed E-state index contributed by atoms with van der Waals surface area (Å²) in [4.78, 5) is 0. The predicted molar refractivity (Wildman–Crippen MR) is 117 cm³/mol. The van der Waals surface area contributed by atoms with Crippen molar-refractivity contribution in [1.29, 1.82) is 0 Å². The highest BCUT2D eigenvalue weighted by Crippen LogP contribution is 2.38. The molecule has 0 saturated carbocycles. The lowest BCUT2D eigenvalue weighted by Crippen LogP contribution is -2.32. The van der Waals surface area contributed by atoms with Gasteiger partial charge in [-0.3, -0.25) is 0 Å². The molecule has 0 saturated heterocycles. The summed E-state index contributed by atoms with van der Waals surface area (Å²) in [5.74, 6) is 1.09. The Morgan fingerprint density at radius 1 is 1.15 bits per heavy atom. The Morgan fingerprint density at radius 3 is 2.65 bits per heavy atom. The molecule has 0 radical (unpaired) electrons. The van der Waals surface area contributed by atoms with E-state index in [0.717, 1.165) is 44.7 Å². The van der Waals surface area contributed by atoms with Crippen LogP contribution < -0.4 is 4.57 Å². The molecule has 0 aliphatic rings. The average Bonchev–Trinajstić information content (AvgIpc) is 3.12. The van der Waals surface area contributed by atoms with Crippen molar-refractivity contribution < 1.29 is 8.98 Å². The molecule has 130 valence electrons. The van der Waals surface area contributed by atoms with Crippen LogP contribution in [-0.4, -0.2) is 2.78 Å². The first-order chi connectivity index (χ1) is 12.6. The van der Waals surface area contributed by atoms with Gasteiger partial charge in [0, 0.05) is 10.8 Å². The third-order valence-electron chi connectivity index (χ3n) is 4.84. The van der Waals surface area contributed by atoms with E-state index in [2.05, 4.69) is 87.2 Å². The maximum absolute atomic E-state index is 6.30. The molecule has 4 heteroatoms. The minimum atomic E-state index is 0.918. The van der Waals surface area contributed by atoms with Gasteiger partial charge in [-0.1, -0.05) is 43.0 Å². The number of allylic oxidation sites excluding steroid dienone is 1. The van der Waals surface area contributed by atoms with Crippen LogP contribution in [0.5, 0.6) is 0 Å². The maximum Gasteiger partial charge on any atom is 0.302 e. The zero-order valence-corrected chi connectivity index (χ0v) is 17.2. The number of nitrogens with zero attached hydrogens (tertiary/aromatic N) is 2. The highest BCUT2D eigenvalue weighted by atomic mass is 127. The summed E-state index contributed by atoms with van der Waals surface area (Å²) in [6.45, 7) is 8.17. The van der Waals surface area contributed by atoms with E-state index in [1.165, 1.54) is 5.56 Å². The Morgan fingerprint density at radius 2 is 1.92 bits per heavy atom. The Bertz CT molecular complexity index is 1190. The molecule has 0 atom stereocenters. The lowest BCUT2D eigenvalue weighted by Gasteiger charge is -2.04. The van der Waals surface area contributed by atoms with Gasteiger partial charge in [-0.25, -0.2) is 4.57 Å². The van der Waals surface area contributed by atoms with Crippen LogP contribution >= 0.6 is 22.9 Å². The molecular formula is C22H20IN2O+. The van der Waals surface area contributed by atoms with Crippen molar-refractivity contribution >= 4 is 57.0 Å². The molecule has 0 bridgehead atoms. The SMILES string of the molecule is C=Cc1c(/C=C\C)[n+](C)c(-c2c(C)ccc3c2oc2ccccc23)n1I. The van der Waals surface area contributed by atoms with Gasteiger partial charge in [-0.2, -0.15) is 2.78 Å². The molecule has 0 N–H and O–H groups in total. The Balaban J connectivity index is 2.16. The number of furan rings is 1. The van der Waals surface area contributed by atoms with Gasteiger partial charge in [0.15, 0.2) is 17.0 Å². The van der Waals surface area contributed by atoms with Crippen LogP contribution in [0.3, 0.4) is 0 Å². The van der Waals surface area contributed by atoms with Crippen LogP contribution in [0.15, 0.2) is 53.5 Å². The summed E-state index contributed by atoms with van der Waals surface area (Å²) in [6, 6.07) is 12.5. The van der Waals surface area contributed by atoms with Gasteiger partial charge in [0.2, 0.25) is 22.9 Å². The van der Waals surface area contributed by atoms with Crippen LogP contribution in [0.2, 0.25) is 0 Å². The Labute approximate surface area is 166 Å². The van der Waals surface area contributed by atoms with Crippen molar-refractivity contribution in [3.63, 3.8) is 0 Å². The van der Waals surface area contributed by atoms with Gasteiger partial charge in [-0.05, 0) is 37.6 Å². The van der Waals surface area contributed by atoms with Crippen LogP contribution in [0.25, 0.3) is 45.5 Å². The lowest BCUT2D eigenvalue weighted by molar-refractivity contribution is -0.660. The smallest absolute Gasteiger partial charge is 0.302 e. The molecule has 0 fully saturated rings. The topological polar surface area (TPSA) is 21.9 Å². The standard InChI is InChI=1S/C22H20IN2O/c1-5-9-18-17(6-2)25(23)22(24(18)4)20-14(3)12-13-16-15-10-7-8-11-19(15)26-21(16)20/h5-13H,2H2,1,3-4H3/q+1/b9-5-. The van der Waals surface area contributed by atoms with Crippen molar-refractivity contribution in [2.24, 2.45) is 7.05 Å². The van der Waals surface area contributed by atoms with Crippen molar-refractivity contribution in [1.82, 2.24) is 2.78 Å². The van der Waals surface area contributed by atoms with E-state index in [0.29, 0.717) is 0 Å². The van der Waals surface area contributed by atoms with Gasteiger partial charge in [-0.15, -0.1) is 0 Å². The quantitative estimate of drug-likeness (QED) is 0.272. The van der Waals surface area contributed by atoms with Crippen LogP contribution in [0.4, 0.5) is 0 Å².